The number of hydrogen-bond donors (Lipinski definition) is 0. The van der Waals surface area contributed by atoms with Crippen LogP contribution in [0.1, 0.15) is 0 Å². The van der Waals surface area contributed by atoms with E-state index in [1.807, 2.05) is 54.9 Å². The van der Waals surface area contributed by atoms with Crippen molar-refractivity contribution >= 4 is 53.3 Å². The van der Waals surface area contributed by atoms with Gasteiger partial charge in [-0.05, 0) is 35.4 Å². The third kappa shape index (κ3) is 8.92. The van der Waals surface area contributed by atoms with E-state index in [0.717, 1.165) is 20.9 Å². The van der Waals surface area contributed by atoms with Gasteiger partial charge in [-0.15, -0.1) is 57.9 Å². The molecule has 2 aromatic heterocycles. The molecule has 0 fully saturated rings. The van der Waals surface area contributed by atoms with Crippen LogP contribution in [0.3, 0.4) is 0 Å². The number of hydrogen-bond acceptors (Lipinski definition) is 2. The monoisotopic (exact) mass is 664 g/mol. The molecule has 0 aliphatic carbocycles. The van der Waals surface area contributed by atoms with Gasteiger partial charge in [0.15, 0.2) is 0 Å². The average molecular weight is 667 g/mol. The van der Waals surface area contributed by atoms with Crippen LogP contribution in [0.25, 0.3) is 44.1 Å². The van der Waals surface area contributed by atoms with Crippen LogP contribution in [0, 0.1) is 0 Å². The van der Waals surface area contributed by atoms with Gasteiger partial charge in [-0.3, -0.25) is 9.97 Å². The molecule has 0 spiro atoms. The van der Waals surface area contributed by atoms with Crippen LogP contribution >= 0.6 is 17.0 Å². The van der Waals surface area contributed by atoms with Crippen LogP contribution in [-0.4, -0.2) is 19.5 Å². The Hall–Kier alpha value is -3.14. The maximum absolute atomic E-state index is 4.93. The summed E-state index contributed by atoms with van der Waals surface area (Å²) in [5.41, 5.74) is 4.49. The van der Waals surface area contributed by atoms with E-state index in [1.54, 1.807) is 0 Å². The van der Waals surface area contributed by atoms with Crippen LogP contribution < -0.4 is 5.19 Å². The SMILES string of the molecule is C[Si]c1ccccc1.[Cl][Zr+2][Cl].c1ccc(-c2cccc3[cH-]ccc23)nc1.c1ccc(-c2cccc3[cH-]ccc23)nc1. The quantitative estimate of drug-likeness (QED) is 0.139. The fraction of sp³-hybridized carbons (Fsp3) is 0.0286. The predicted octanol–water partition coefficient (Wildman–Crippen LogP) is 9.68. The summed E-state index contributed by atoms with van der Waals surface area (Å²) in [4.78, 5) is 8.76. The Morgan fingerprint density at radius 1 is 0.561 bits per heavy atom. The van der Waals surface area contributed by atoms with Crippen LogP contribution in [0.4, 0.5) is 0 Å². The summed E-state index contributed by atoms with van der Waals surface area (Å²) < 4.78 is 0. The van der Waals surface area contributed by atoms with Gasteiger partial charge in [0.25, 0.3) is 0 Å². The number of aromatic nitrogens is 2. The number of halogens is 2. The molecule has 0 saturated carbocycles. The molecular formula is C35H28Cl2N2SiZr. The fourth-order valence-corrected chi connectivity index (χ4v) is 4.95. The van der Waals surface area contributed by atoms with Crippen molar-refractivity contribution in [3.8, 4) is 22.5 Å². The molecule has 0 N–H and O–H groups in total. The summed E-state index contributed by atoms with van der Waals surface area (Å²) in [6, 6.07) is 47.8. The molecule has 7 aromatic rings. The number of fused-ring (bicyclic) bond motifs is 2. The van der Waals surface area contributed by atoms with E-state index in [0.29, 0.717) is 0 Å². The first-order valence-corrected chi connectivity index (χ1v) is 20.9. The van der Waals surface area contributed by atoms with E-state index >= 15 is 0 Å². The van der Waals surface area contributed by atoms with Crippen molar-refractivity contribution in [1.82, 2.24) is 9.97 Å². The second-order valence-electron chi connectivity index (χ2n) is 8.79. The second kappa shape index (κ2) is 17.0. The minimum atomic E-state index is -0.826. The Morgan fingerprint density at radius 2 is 1.02 bits per heavy atom. The van der Waals surface area contributed by atoms with Crippen molar-refractivity contribution in [1.29, 1.82) is 0 Å². The van der Waals surface area contributed by atoms with E-state index in [9.17, 15) is 0 Å². The molecule has 2 radical (unpaired) electrons. The number of rotatable bonds is 3. The maximum atomic E-state index is 4.93. The zero-order valence-electron chi connectivity index (χ0n) is 22.6. The van der Waals surface area contributed by atoms with E-state index in [1.165, 1.54) is 37.9 Å². The van der Waals surface area contributed by atoms with Crippen molar-refractivity contribution in [3.05, 3.63) is 152 Å². The van der Waals surface area contributed by atoms with E-state index in [2.05, 4.69) is 114 Å². The van der Waals surface area contributed by atoms with Gasteiger partial charge >= 0.3 is 37.9 Å². The number of nitrogens with zero attached hydrogens (tertiary/aromatic N) is 2. The molecule has 5 aromatic carbocycles. The minimum absolute atomic E-state index is 0.826. The van der Waals surface area contributed by atoms with Crippen molar-refractivity contribution < 1.29 is 20.8 Å². The molecule has 7 rings (SSSR count). The molecule has 0 atom stereocenters. The van der Waals surface area contributed by atoms with Gasteiger partial charge in [-0.2, -0.15) is 24.3 Å². The molecule has 0 unspecified atom stereocenters. The van der Waals surface area contributed by atoms with E-state index in [4.69, 9.17) is 17.0 Å². The summed E-state index contributed by atoms with van der Waals surface area (Å²) in [7, 11) is 10.8. The summed E-state index contributed by atoms with van der Waals surface area (Å²) in [6.07, 6.45) is 3.66. The van der Waals surface area contributed by atoms with Gasteiger partial charge in [0, 0.05) is 12.4 Å². The standard InChI is InChI=1S/2C14H10N.C7H8Si.2ClH.Zr/c2*1-2-10-15-14(9-1)13-8-4-6-11-5-3-7-12(11)13;1-8-7-5-3-2-4-6-7;;;/h2*1-10H;2-6H,1H3;2*1H;/q2*-1;;;;+4/p-2. The van der Waals surface area contributed by atoms with Crippen molar-refractivity contribution in [2.24, 2.45) is 0 Å². The molecule has 0 bridgehead atoms. The molecule has 200 valence electrons. The predicted molar refractivity (Wildman–Crippen MR) is 175 cm³/mol. The molecule has 0 aliphatic heterocycles. The molecule has 2 heterocycles. The van der Waals surface area contributed by atoms with Gasteiger partial charge < -0.3 is 0 Å². The molecular weight excluding hydrogens is 639 g/mol. The Balaban J connectivity index is 0.000000141. The van der Waals surface area contributed by atoms with Crippen LogP contribution in [-0.2, 0) is 20.8 Å². The third-order valence-corrected chi connectivity index (χ3v) is 7.21. The largest absolute Gasteiger partial charge is 0.257 e. The average Bonchev–Trinajstić information content (AvgIpc) is 3.73. The number of benzene rings is 3. The normalized spacial score (nSPS) is 9.83. The van der Waals surface area contributed by atoms with Crippen molar-refractivity contribution in [2.45, 2.75) is 6.55 Å². The van der Waals surface area contributed by atoms with Gasteiger partial charge in [0.05, 0.1) is 20.9 Å². The molecule has 2 nitrogen and oxygen atoms in total. The second-order valence-corrected chi connectivity index (χ2v) is 13.6. The zero-order chi connectivity index (χ0) is 28.7. The Kier molecular flexibility index (Phi) is 12.7. The smallest absolute Gasteiger partial charge is 0.0607 e. The Bertz CT molecular complexity index is 1610. The van der Waals surface area contributed by atoms with Crippen LogP contribution in [0.5, 0.6) is 0 Å². The third-order valence-electron chi connectivity index (χ3n) is 6.30. The van der Waals surface area contributed by atoms with E-state index < -0.39 is 20.8 Å². The van der Waals surface area contributed by atoms with Crippen molar-refractivity contribution in [3.63, 3.8) is 0 Å². The molecule has 41 heavy (non-hydrogen) atoms. The Labute approximate surface area is 263 Å². The van der Waals surface area contributed by atoms with Crippen LogP contribution in [0.2, 0.25) is 6.55 Å². The molecule has 0 saturated heterocycles. The summed E-state index contributed by atoms with van der Waals surface area (Å²) >= 11 is -0.826. The first kappa shape index (κ1) is 30.8. The van der Waals surface area contributed by atoms with Gasteiger partial charge in [-0.1, -0.05) is 66.3 Å². The van der Waals surface area contributed by atoms with Crippen LogP contribution in [0.15, 0.2) is 152 Å². The first-order valence-electron chi connectivity index (χ1n) is 13.1. The minimum Gasteiger partial charge on any atom is -0.257 e. The van der Waals surface area contributed by atoms with Gasteiger partial charge in [0.2, 0.25) is 0 Å². The van der Waals surface area contributed by atoms with E-state index in [-0.39, 0.29) is 0 Å². The summed E-state index contributed by atoms with van der Waals surface area (Å²) in [5.74, 6) is 0. The molecule has 0 aliphatic rings. The summed E-state index contributed by atoms with van der Waals surface area (Å²) in [6.45, 7) is 2.19. The Morgan fingerprint density at radius 3 is 1.41 bits per heavy atom. The molecule has 6 heteroatoms. The van der Waals surface area contributed by atoms with Gasteiger partial charge in [0.1, 0.15) is 0 Å². The van der Waals surface area contributed by atoms with Gasteiger partial charge in [-0.25, -0.2) is 0 Å². The zero-order valence-corrected chi connectivity index (χ0v) is 27.6. The van der Waals surface area contributed by atoms with Crippen molar-refractivity contribution in [2.75, 3.05) is 0 Å². The summed E-state index contributed by atoms with van der Waals surface area (Å²) in [5, 5.41) is 6.54. The molecule has 0 amide bonds. The number of pyridine rings is 2. The maximum Gasteiger partial charge on any atom is 0.0607 e. The first-order chi connectivity index (χ1) is 20.2. The fourth-order valence-electron chi connectivity index (χ4n) is 4.42. The topological polar surface area (TPSA) is 25.8 Å².